The highest BCUT2D eigenvalue weighted by Crippen LogP contribution is 2.31. The SMILES string of the molecule is CS(=O)(=O)c1ccc(C(=C2C=COC2)c2cccc(Cl)c2)cc1. The molecule has 1 heterocycles. The van der Waals surface area contributed by atoms with Crippen LogP contribution in [0.25, 0.3) is 5.57 Å². The van der Waals surface area contributed by atoms with E-state index in [-0.39, 0.29) is 0 Å². The van der Waals surface area contributed by atoms with Gasteiger partial charge in [0.15, 0.2) is 9.84 Å². The van der Waals surface area contributed by atoms with Crippen LogP contribution in [0, 0.1) is 0 Å². The summed E-state index contributed by atoms with van der Waals surface area (Å²) in [6.45, 7) is 0.482. The lowest BCUT2D eigenvalue weighted by molar-refractivity contribution is 0.302. The van der Waals surface area contributed by atoms with Crippen LogP contribution in [-0.4, -0.2) is 21.3 Å². The molecule has 0 fully saturated rings. The molecule has 0 spiro atoms. The largest absolute Gasteiger partial charge is 0.496 e. The molecule has 2 aromatic rings. The summed E-state index contributed by atoms with van der Waals surface area (Å²) in [5.74, 6) is 0. The third-order valence-corrected chi connectivity index (χ3v) is 4.97. The second-order valence-corrected chi connectivity index (χ2v) is 7.77. The van der Waals surface area contributed by atoms with E-state index in [0.717, 1.165) is 22.3 Å². The molecule has 0 atom stereocenters. The lowest BCUT2D eigenvalue weighted by Gasteiger charge is -2.12. The molecule has 0 saturated carbocycles. The van der Waals surface area contributed by atoms with Gasteiger partial charge in [-0.25, -0.2) is 8.42 Å². The molecule has 0 aromatic heterocycles. The maximum Gasteiger partial charge on any atom is 0.175 e. The molecule has 1 aliphatic rings. The minimum Gasteiger partial charge on any atom is -0.496 e. The second kappa shape index (κ2) is 6.22. The van der Waals surface area contributed by atoms with Crippen LogP contribution in [0.15, 0.2) is 71.3 Å². The van der Waals surface area contributed by atoms with Crippen LogP contribution in [0.3, 0.4) is 0 Å². The molecule has 5 heteroatoms. The van der Waals surface area contributed by atoms with Crippen molar-refractivity contribution in [3.8, 4) is 0 Å². The van der Waals surface area contributed by atoms with Crippen LogP contribution in [0.2, 0.25) is 5.02 Å². The Labute approximate surface area is 140 Å². The second-order valence-electron chi connectivity index (χ2n) is 5.32. The fraction of sp³-hybridized carbons (Fsp3) is 0.111. The van der Waals surface area contributed by atoms with Crippen LogP contribution >= 0.6 is 11.6 Å². The predicted octanol–water partition coefficient (Wildman–Crippen LogP) is 4.09. The molecule has 0 saturated heterocycles. The first-order valence-electron chi connectivity index (χ1n) is 7.03. The van der Waals surface area contributed by atoms with E-state index in [1.807, 2.05) is 42.5 Å². The van der Waals surface area contributed by atoms with Gasteiger partial charge >= 0.3 is 0 Å². The lowest BCUT2D eigenvalue weighted by Crippen LogP contribution is -1.99. The van der Waals surface area contributed by atoms with E-state index in [9.17, 15) is 8.42 Å². The minimum atomic E-state index is -3.21. The first kappa shape index (κ1) is 15.8. The lowest BCUT2D eigenvalue weighted by atomic mass is 9.93. The van der Waals surface area contributed by atoms with Gasteiger partial charge in [-0.2, -0.15) is 0 Å². The molecule has 118 valence electrons. The average Bonchev–Trinajstić information content (AvgIpc) is 3.01. The van der Waals surface area contributed by atoms with Crippen molar-refractivity contribution in [3.05, 3.63) is 82.6 Å². The molecule has 2 aromatic carbocycles. The van der Waals surface area contributed by atoms with E-state index in [2.05, 4.69) is 0 Å². The Bertz CT molecular complexity index is 894. The van der Waals surface area contributed by atoms with Crippen LogP contribution in [0.1, 0.15) is 11.1 Å². The summed E-state index contributed by atoms with van der Waals surface area (Å²) in [4.78, 5) is 0.301. The maximum absolute atomic E-state index is 11.6. The maximum atomic E-state index is 11.6. The van der Waals surface area contributed by atoms with Crippen LogP contribution in [0.5, 0.6) is 0 Å². The third kappa shape index (κ3) is 3.49. The van der Waals surface area contributed by atoms with E-state index in [1.165, 1.54) is 6.26 Å². The highest BCUT2D eigenvalue weighted by molar-refractivity contribution is 7.90. The van der Waals surface area contributed by atoms with E-state index in [4.69, 9.17) is 16.3 Å². The molecule has 0 radical (unpaired) electrons. The first-order chi connectivity index (χ1) is 10.9. The highest BCUT2D eigenvalue weighted by atomic mass is 35.5. The van der Waals surface area contributed by atoms with Gasteiger partial charge in [0.25, 0.3) is 0 Å². The van der Waals surface area contributed by atoms with Crippen LogP contribution in [-0.2, 0) is 14.6 Å². The highest BCUT2D eigenvalue weighted by Gasteiger charge is 2.15. The van der Waals surface area contributed by atoms with Gasteiger partial charge in [-0.15, -0.1) is 0 Å². The van der Waals surface area contributed by atoms with Crippen molar-refractivity contribution in [1.29, 1.82) is 0 Å². The first-order valence-corrected chi connectivity index (χ1v) is 9.30. The van der Waals surface area contributed by atoms with E-state index in [0.29, 0.717) is 16.5 Å². The molecule has 3 rings (SSSR count). The van der Waals surface area contributed by atoms with Crippen LogP contribution in [0.4, 0.5) is 0 Å². The molecule has 23 heavy (non-hydrogen) atoms. The van der Waals surface area contributed by atoms with E-state index >= 15 is 0 Å². The number of benzene rings is 2. The Morgan fingerprint density at radius 3 is 2.39 bits per heavy atom. The smallest absolute Gasteiger partial charge is 0.175 e. The fourth-order valence-electron chi connectivity index (χ4n) is 2.52. The summed E-state index contributed by atoms with van der Waals surface area (Å²) >= 11 is 6.12. The Morgan fingerprint density at radius 2 is 1.83 bits per heavy atom. The summed E-state index contributed by atoms with van der Waals surface area (Å²) in [7, 11) is -3.21. The number of hydrogen-bond donors (Lipinski definition) is 0. The van der Waals surface area contributed by atoms with Crippen molar-refractivity contribution in [2.45, 2.75) is 4.90 Å². The van der Waals surface area contributed by atoms with Gasteiger partial charge in [-0.05, 0) is 47.0 Å². The third-order valence-electron chi connectivity index (χ3n) is 3.61. The Hall–Kier alpha value is -2.04. The summed E-state index contributed by atoms with van der Waals surface area (Å²) in [6.07, 6.45) is 4.78. The van der Waals surface area contributed by atoms with Crippen molar-refractivity contribution < 1.29 is 13.2 Å². The molecule has 3 nitrogen and oxygen atoms in total. The fourth-order valence-corrected chi connectivity index (χ4v) is 3.34. The number of hydrogen-bond acceptors (Lipinski definition) is 3. The standard InChI is InChI=1S/C18H15ClO3S/c1-23(20,21)17-7-5-13(6-8-17)18(15-9-10-22-12-15)14-3-2-4-16(19)11-14/h2-11H,12H2,1H3. The zero-order valence-electron chi connectivity index (χ0n) is 12.5. The number of sulfone groups is 1. The van der Waals surface area contributed by atoms with Crippen molar-refractivity contribution in [1.82, 2.24) is 0 Å². The molecular weight excluding hydrogens is 332 g/mol. The van der Waals surface area contributed by atoms with Crippen molar-refractivity contribution in [2.24, 2.45) is 0 Å². The molecule has 0 bridgehead atoms. The van der Waals surface area contributed by atoms with Gasteiger partial charge in [0.1, 0.15) is 6.61 Å². The quantitative estimate of drug-likeness (QED) is 0.840. The Morgan fingerprint density at radius 1 is 1.09 bits per heavy atom. The molecular formula is C18H15ClO3S. The van der Waals surface area contributed by atoms with Gasteiger partial charge in [0, 0.05) is 16.9 Å². The topological polar surface area (TPSA) is 43.4 Å². The number of rotatable bonds is 3. The van der Waals surface area contributed by atoms with Crippen molar-refractivity contribution >= 4 is 27.0 Å². The molecule has 1 aliphatic heterocycles. The number of ether oxygens (including phenoxy) is 1. The predicted molar refractivity (Wildman–Crippen MR) is 92.1 cm³/mol. The van der Waals surface area contributed by atoms with Gasteiger partial charge in [-0.1, -0.05) is 35.9 Å². The Balaban J connectivity index is 2.14. The molecule has 0 N–H and O–H groups in total. The van der Waals surface area contributed by atoms with Crippen molar-refractivity contribution in [2.75, 3.05) is 12.9 Å². The summed E-state index contributed by atoms with van der Waals surface area (Å²) in [6, 6.07) is 14.4. The van der Waals surface area contributed by atoms with Gasteiger partial charge < -0.3 is 4.74 Å². The van der Waals surface area contributed by atoms with Gasteiger partial charge in [-0.3, -0.25) is 0 Å². The normalized spacial score (nSPS) is 16.3. The van der Waals surface area contributed by atoms with Crippen LogP contribution < -0.4 is 0 Å². The summed E-state index contributed by atoms with van der Waals surface area (Å²) < 4.78 is 28.6. The summed E-state index contributed by atoms with van der Waals surface area (Å²) in [5, 5.41) is 0.649. The van der Waals surface area contributed by atoms with Gasteiger partial charge in [0.05, 0.1) is 11.2 Å². The van der Waals surface area contributed by atoms with E-state index in [1.54, 1.807) is 18.4 Å². The Kier molecular flexibility index (Phi) is 4.28. The average molecular weight is 347 g/mol. The van der Waals surface area contributed by atoms with E-state index < -0.39 is 9.84 Å². The molecule has 0 amide bonds. The summed E-state index contributed by atoms with van der Waals surface area (Å²) in [5.41, 5.74) is 3.90. The van der Waals surface area contributed by atoms with Crippen molar-refractivity contribution in [3.63, 3.8) is 0 Å². The molecule has 0 aliphatic carbocycles. The number of halogens is 1. The minimum absolute atomic E-state index is 0.301. The zero-order valence-corrected chi connectivity index (χ0v) is 14.1. The van der Waals surface area contributed by atoms with Gasteiger partial charge in [0.2, 0.25) is 0 Å². The monoisotopic (exact) mass is 346 g/mol. The molecule has 0 unspecified atom stereocenters. The zero-order chi connectivity index (χ0) is 16.4.